The van der Waals surface area contributed by atoms with Gasteiger partial charge in [0.25, 0.3) is 0 Å². The molecule has 0 saturated carbocycles. The molecule has 27 heavy (non-hydrogen) atoms. The molecule has 2 amide bonds. The van der Waals surface area contributed by atoms with Crippen molar-refractivity contribution in [3.8, 4) is 5.75 Å². The van der Waals surface area contributed by atoms with Gasteiger partial charge in [0.15, 0.2) is 5.13 Å². The van der Waals surface area contributed by atoms with Crippen LogP contribution in [0.1, 0.15) is 29.1 Å². The minimum Gasteiger partial charge on any atom is -0.494 e. The van der Waals surface area contributed by atoms with Gasteiger partial charge in [-0.2, -0.15) is 0 Å². The lowest BCUT2D eigenvalue weighted by molar-refractivity contribution is 0.0531. The number of hydrogen-bond acceptors (Lipinski definition) is 7. The van der Waals surface area contributed by atoms with Crippen LogP contribution in [-0.2, 0) is 4.74 Å². The number of ether oxygens (including phenoxy) is 2. The zero-order valence-corrected chi connectivity index (χ0v) is 16.8. The molecule has 0 atom stereocenters. The van der Waals surface area contributed by atoms with E-state index in [0.29, 0.717) is 33.7 Å². The molecule has 9 heteroatoms. The van der Waals surface area contributed by atoms with Gasteiger partial charge in [0, 0.05) is 5.69 Å². The highest BCUT2D eigenvalue weighted by atomic mass is 32.1. The standard InChI is InChI=1S/C18H19N3O4S2/c1-4-24-12-8-6-11(7-9-12)19-17(23)21-18-20-15-13(27-18)10(3)14(26-15)16(22)25-5-2/h6-9H,4-5H2,1-3H3,(H2,19,20,21,23). The third-order valence-corrected chi connectivity index (χ3v) is 5.97. The fourth-order valence-corrected chi connectivity index (χ4v) is 4.60. The number of urea groups is 1. The van der Waals surface area contributed by atoms with E-state index in [1.165, 1.54) is 22.7 Å². The lowest BCUT2D eigenvalue weighted by Crippen LogP contribution is -2.19. The van der Waals surface area contributed by atoms with Crippen LogP contribution in [0, 0.1) is 6.92 Å². The molecular formula is C18H19N3O4S2. The summed E-state index contributed by atoms with van der Waals surface area (Å²) in [5, 5.41) is 5.94. The number of carbonyl (C=O) groups is 2. The Bertz CT molecular complexity index is 963. The number of thiazole rings is 1. The minimum atomic E-state index is -0.385. The second kappa shape index (κ2) is 8.36. The lowest BCUT2D eigenvalue weighted by atomic mass is 10.3. The van der Waals surface area contributed by atoms with Crippen LogP contribution in [-0.4, -0.2) is 30.2 Å². The van der Waals surface area contributed by atoms with Crippen LogP contribution in [0.25, 0.3) is 9.53 Å². The third kappa shape index (κ3) is 4.37. The van der Waals surface area contributed by atoms with Gasteiger partial charge in [0.2, 0.25) is 0 Å². The number of nitrogens with zero attached hydrogens (tertiary/aromatic N) is 1. The van der Waals surface area contributed by atoms with E-state index >= 15 is 0 Å². The maximum Gasteiger partial charge on any atom is 0.348 e. The Kier molecular flexibility index (Phi) is 5.92. The summed E-state index contributed by atoms with van der Waals surface area (Å²) < 4.78 is 11.3. The zero-order valence-electron chi connectivity index (χ0n) is 15.1. The summed E-state index contributed by atoms with van der Waals surface area (Å²) in [6, 6.07) is 6.72. The fraction of sp³-hybridized carbons (Fsp3) is 0.278. The van der Waals surface area contributed by atoms with Crippen LogP contribution in [0.4, 0.5) is 15.6 Å². The first-order valence-electron chi connectivity index (χ1n) is 8.39. The molecule has 0 unspecified atom stereocenters. The van der Waals surface area contributed by atoms with Crippen molar-refractivity contribution in [2.45, 2.75) is 20.8 Å². The molecule has 2 N–H and O–H groups in total. The predicted octanol–water partition coefficient (Wildman–Crippen LogP) is 4.89. The quantitative estimate of drug-likeness (QED) is 0.570. The minimum absolute atomic E-state index is 0.329. The number of hydrogen-bond donors (Lipinski definition) is 2. The molecule has 0 aliphatic rings. The van der Waals surface area contributed by atoms with Crippen molar-refractivity contribution >= 4 is 55.0 Å². The van der Waals surface area contributed by atoms with Crippen molar-refractivity contribution in [2.75, 3.05) is 23.8 Å². The number of aromatic nitrogens is 1. The maximum atomic E-state index is 12.2. The Morgan fingerprint density at radius 1 is 1.07 bits per heavy atom. The SMILES string of the molecule is CCOC(=O)c1sc2nc(NC(=O)Nc3ccc(OCC)cc3)sc2c1C. The summed E-state index contributed by atoms with van der Waals surface area (Å²) in [4.78, 5) is 29.8. The Morgan fingerprint density at radius 3 is 2.44 bits per heavy atom. The number of thiophene rings is 1. The van der Waals surface area contributed by atoms with Crippen LogP contribution in [0.15, 0.2) is 24.3 Å². The number of esters is 1. The normalized spacial score (nSPS) is 10.6. The smallest absolute Gasteiger partial charge is 0.348 e. The molecule has 0 aliphatic heterocycles. The summed E-state index contributed by atoms with van der Waals surface area (Å²) in [6.45, 7) is 6.46. The first kappa shape index (κ1) is 19.1. The molecule has 2 aromatic heterocycles. The first-order valence-corrected chi connectivity index (χ1v) is 10.0. The molecule has 0 bridgehead atoms. The number of fused-ring (bicyclic) bond motifs is 1. The number of amides is 2. The van der Waals surface area contributed by atoms with E-state index in [1.54, 1.807) is 31.2 Å². The van der Waals surface area contributed by atoms with E-state index in [-0.39, 0.29) is 12.0 Å². The second-order valence-corrected chi connectivity index (χ2v) is 7.46. The summed E-state index contributed by atoms with van der Waals surface area (Å²) >= 11 is 2.60. The lowest BCUT2D eigenvalue weighted by Gasteiger charge is -2.07. The zero-order chi connectivity index (χ0) is 19.4. The van der Waals surface area contributed by atoms with Gasteiger partial charge < -0.3 is 14.8 Å². The predicted molar refractivity (Wildman–Crippen MR) is 108 cm³/mol. The molecule has 7 nitrogen and oxygen atoms in total. The van der Waals surface area contributed by atoms with E-state index in [4.69, 9.17) is 9.47 Å². The molecule has 142 valence electrons. The van der Waals surface area contributed by atoms with Gasteiger partial charge in [0.05, 0.1) is 17.9 Å². The number of rotatable bonds is 6. The van der Waals surface area contributed by atoms with Crippen LogP contribution in [0.3, 0.4) is 0 Å². The van der Waals surface area contributed by atoms with Crippen LogP contribution in [0.2, 0.25) is 0 Å². The van der Waals surface area contributed by atoms with Crippen molar-refractivity contribution < 1.29 is 19.1 Å². The third-order valence-electron chi connectivity index (χ3n) is 3.58. The Morgan fingerprint density at radius 2 is 1.81 bits per heavy atom. The fourth-order valence-electron chi connectivity index (χ4n) is 2.39. The van der Waals surface area contributed by atoms with Crippen molar-refractivity contribution in [2.24, 2.45) is 0 Å². The highest BCUT2D eigenvalue weighted by Gasteiger charge is 2.20. The van der Waals surface area contributed by atoms with Crippen LogP contribution >= 0.6 is 22.7 Å². The number of benzene rings is 1. The van der Waals surface area contributed by atoms with Gasteiger partial charge in [-0.25, -0.2) is 14.6 Å². The van der Waals surface area contributed by atoms with E-state index < -0.39 is 0 Å². The van der Waals surface area contributed by atoms with E-state index in [1.807, 2.05) is 13.8 Å². The van der Waals surface area contributed by atoms with Crippen molar-refractivity contribution in [3.63, 3.8) is 0 Å². The molecular weight excluding hydrogens is 386 g/mol. The molecule has 0 aliphatic carbocycles. The average molecular weight is 406 g/mol. The first-order chi connectivity index (χ1) is 13.0. The summed E-state index contributed by atoms with van der Waals surface area (Å²) in [5.74, 6) is 0.407. The maximum absolute atomic E-state index is 12.2. The van der Waals surface area contributed by atoms with E-state index in [0.717, 1.165) is 16.0 Å². The number of nitrogens with one attached hydrogen (secondary N) is 2. The Labute approximate surface area is 164 Å². The molecule has 0 spiro atoms. The molecule has 0 saturated heterocycles. The van der Waals surface area contributed by atoms with Crippen molar-refractivity contribution in [3.05, 3.63) is 34.7 Å². The number of aryl methyl sites for hydroxylation is 1. The highest BCUT2D eigenvalue weighted by molar-refractivity contribution is 7.30. The van der Waals surface area contributed by atoms with E-state index in [2.05, 4.69) is 15.6 Å². The average Bonchev–Trinajstić information content (AvgIpc) is 3.16. The number of anilines is 2. The molecule has 2 heterocycles. The van der Waals surface area contributed by atoms with Gasteiger partial charge in [-0.15, -0.1) is 11.3 Å². The Hall–Kier alpha value is -2.65. The Balaban J connectivity index is 1.67. The van der Waals surface area contributed by atoms with Gasteiger partial charge in [0.1, 0.15) is 15.5 Å². The second-order valence-electron chi connectivity index (χ2n) is 5.47. The van der Waals surface area contributed by atoms with Gasteiger partial charge in [-0.05, 0) is 50.6 Å². The van der Waals surface area contributed by atoms with Crippen LogP contribution < -0.4 is 15.4 Å². The molecule has 0 radical (unpaired) electrons. The van der Waals surface area contributed by atoms with Gasteiger partial charge in [-0.3, -0.25) is 5.32 Å². The topological polar surface area (TPSA) is 89.5 Å². The number of carbonyl (C=O) groups excluding carboxylic acids is 2. The van der Waals surface area contributed by atoms with Crippen LogP contribution in [0.5, 0.6) is 5.75 Å². The monoisotopic (exact) mass is 405 g/mol. The van der Waals surface area contributed by atoms with Crippen molar-refractivity contribution in [1.29, 1.82) is 0 Å². The molecule has 3 aromatic rings. The van der Waals surface area contributed by atoms with E-state index in [9.17, 15) is 9.59 Å². The molecule has 1 aromatic carbocycles. The van der Waals surface area contributed by atoms with Gasteiger partial charge >= 0.3 is 12.0 Å². The summed E-state index contributed by atoms with van der Waals surface area (Å²) in [6.07, 6.45) is 0. The molecule has 3 rings (SSSR count). The largest absolute Gasteiger partial charge is 0.494 e. The van der Waals surface area contributed by atoms with Gasteiger partial charge in [-0.1, -0.05) is 11.3 Å². The molecule has 0 fully saturated rings. The summed E-state index contributed by atoms with van der Waals surface area (Å²) in [7, 11) is 0. The highest BCUT2D eigenvalue weighted by Crippen LogP contribution is 2.37. The van der Waals surface area contributed by atoms with Crippen molar-refractivity contribution in [1.82, 2.24) is 4.98 Å². The summed E-state index contributed by atoms with van der Waals surface area (Å²) in [5.41, 5.74) is 1.47.